The normalized spacial score (nSPS) is 16.0. The van der Waals surface area contributed by atoms with Gasteiger partial charge in [-0.15, -0.1) is 5.10 Å². The maximum atomic E-state index is 13.5. The fourth-order valence-electron chi connectivity index (χ4n) is 4.26. The zero-order chi connectivity index (χ0) is 23.5. The van der Waals surface area contributed by atoms with Gasteiger partial charge in [-0.3, -0.25) is 4.79 Å². The summed E-state index contributed by atoms with van der Waals surface area (Å²) in [5, 5.41) is 15.2. The van der Waals surface area contributed by atoms with E-state index in [1.807, 2.05) is 24.3 Å². The van der Waals surface area contributed by atoms with Crippen LogP contribution in [0.15, 0.2) is 54.7 Å². The molecule has 2 aromatic heterocycles. The summed E-state index contributed by atoms with van der Waals surface area (Å²) < 4.78 is 15.3. The van der Waals surface area contributed by atoms with Crippen LogP contribution in [0.3, 0.4) is 0 Å². The van der Waals surface area contributed by atoms with Gasteiger partial charge in [-0.1, -0.05) is 35.0 Å². The Hall–Kier alpha value is -3.36. The van der Waals surface area contributed by atoms with Gasteiger partial charge >= 0.3 is 0 Å². The van der Waals surface area contributed by atoms with Crippen molar-refractivity contribution < 1.29 is 9.18 Å². The summed E-state index contributed by atoms with van der Waals surface area (Å²) in [6.07, 6.45) is 4.03. The number of nitrogens with zero attached hydrogens (tertiary/aromatic N) is 4. The number of amides is 1. The van der Waals surface area contributed by atoms with E-state index in [4.69, 9.17) is 11.6 Å². The van der Waals surface area contributed by atoms with Crippen LogP contribution in [-0.2, 0) is 17.8 Å². The van der Waals surface area contributed by atoms with Gasteiger partial charge in [0.2, 0.25) is 5.91 Å². The Morgan fingerprint density at radius 3 is 2.97 bits per heavy atom. The topological polar surface area (TPSA) is 84.7 Å². The van der Waals surface area contributed by atoms with Crippen molar-refractivity contribution in [1.82, 2.24) is 25.3 Å². The van der Waals surface area contributed by atoms with Gasteiger partial charge in [-0.05, 0) is 67.3 Å². The minimum atomic E-state index is -0.252. The second-order valence-corrected chi connectivity index (χ2v) is 8.89. The van der Waals surface area contributed by atoms with Crippen molar-refractivity contribution in [2.24, 2.45) is 5.92 Å². The summed E-state index contributed by atoms with van der Waals surface area (Å²) in [4.78, 5) is 16.9. The smallest absolute Gasteiger partial charge is 0.229 e. The Kier molecular flexibility index (Phi) is 6.51. The van der Waals surface area contributed by atoms with Gasteiger partial charge < -0.3 is 10.6 Å². The van der Waals surface area contributed by atoms with Crippen LogP contribution in [0, 0.1) is 11.7 Å². The number of carbonyl (C=O) groups is 1. The molecule has 3 heterocycles. The fourth-order valence-corrected chi connectivity index (χ4v) is 4.47. The molecule has 1 amide bonds. The fraction of sp³-hybridized carbons (Fsp3) is 0.280. The molecule has 0 bridgehead atoms. The highest BCUT2D eigenvalue weighted by Crippen LogP contribution is 2.31. The van der Waals surface area contributed by atoms with Crippen molar-refractivity contribution in [3.05, 3.63) is 71.1 Å². The number of benzene rings is 2. The van der Waals surface area contributed by atoms with E-state index < -0.39 is 0 Å². The van der Waals surface area contributed by atoms with E-state index in [9.17, 15) is 9.18 Å². The number of pyridine rings is 1. The lowest BCUT2D eigenvalue weighted by atomic mass is 9.99. The molecule has 7 nitrogen and oxygen atoms in total. The van der Waals surface area contributed by atoms with Gasteiger partial charge in [-0.2, -0.15) is 0 Å². The third kappa shape index (κ3) is 4.93. The lowest BCUT2D eigenvalue weighted by Crippen LogP contribution is -2.37. The van der Waals surface area contributed by atoms with E-state index in [2.05, 4.69) is 25.9 Å². The standard InChI is InChI=1S/C25H24ClFN6O/c26-21-15-29-24(30-25(34)18-4-2-9-28-14-18)13-20(21)17-6-7-22-23(12-17)33(32-31-22)10-8-16-3-1-5-19(27)11-16/h1,3,5-7,11-13,15,18,28H,2,4,8-10,14H2,(H,29,30,34). The molecule has 1 aliphatic heterocycles. The third-order valence-corrected chi connectivity index (χ3v) is 6.40. The minimum Gasteiger partial charge on any atom is -0.316 e. The van der Waals surface area contributed by atoms with Crippen molar-refractivity contribution in [3.63, 3.8) is 0 Å². The van der Waals surface area contributed by atoms with Crippen LogP contribution in [0.25, 0.3) is 22.2 Å². The van der Waals surface area contributed by atoms with Crippen LogP contribution in [0.4, 0.5) is 10.2 Å². The Morgan fingerprint density at radius 2 is 2.15 bits per heavy atom. The van der Waals surface area contributed by atoms with Crippen LogP contribution in [0.1, 0.15) is 18.4 Å². The van der Waals surface area contributed by atoms with Gasteiger partial charge in [0.15, 0.2) is 0 Å². The predicted molar refractivity (Wildman–Crippen MR) is 130 cm³/mol. The molecule has 174 valence electrons. The average molecular weight is 479 g/mol. The molecular formula is C25H24ClFN6O. The van der Waals surface area contributed by atoms with E-state index in [0.29, 0.717) is 30.4 Å². The summed E-state index contributed by atoms with van der Waals surface area (Å²) in [5.41, 5.74) is 4.12. The maximum absolute atomic E-state index is 13.5. The number of fused-ring (bicyclic) bond motifs is 1. The number of nitrogens with one attached hydrogen (secondary N) is 2. The molecule has 0 radical (unpaired) electrons. The number of piperidine rings is 1. The highest BCUT2D eigenvalue weighted by molar-refractivity contribution is 6.33. The summed E-state index contributed by atoms with van der Waals surface area (Å²) in [5.74, 6) is 0.110. The molecule has 2 aromatic carbocycles. The van der Waals surface area contributed by atoms with Crippen molar-refractivity contribution in [1.29, 1.82) is 0 Å². The van der Waals surface area contributed by atoms with E-state index >= 15 is 0 Å². The number of rotatable bonds is 6. The molecular weight excluding hydrogens is 455 g/mol. The molecule has 5 rings (SSSR count). The number of hydrogen-bond acceptors (Lipinski definition) is 5. The largest absolute Gasteiger partial charge is 0.316 e. The Balaban J connectivity index is 1.38. The van der Waals surface area contributed by atoms with Gasteiger partial charge in [0.25, 0.3) is 0 Å². The summed E-state index contributed by atoms with van der Waals surface area (Å²) in [6.45, 7) is 2.18. The monoisotopic (exact) mass is 478 g/mol. The molecule has 1 unspecified atom stereocenters. The maximum Gasteiger partial charge on any atom is 0.229 e. The lowest BCUT2D eigenvalue weighted by molar-refractivity contribution is -0.120. The Morgan fingerprint density at radius 1 is 1.24 bits per heavy atom. The zero-order valence-corrected chi connectivity index (χ0v) is 19.2. The molecule has 4 aromatic rings. The second-order valence-electron chi connectivity index (χ2n) is 8.48. The molecule has 0 saturated carbocycles. The average Bonchev–Trinajstić information content (AvgIpc) is 3.27. The van der Waals surface area contributed by atoms with Crippen LogP contribution in [-0.4, -0.2) is 39.0 Å². The Labute approximate surface area is 201 Å². The van der Waals surface area contributed by atoms with Crippen LogP contribution >= 0.6 is 11.6 Å². The second kappa shape index (κ2) is 9.87. The van der Waals surface area contributed by atoms with Crippen LogP contribution < -0.4 is 10.6 Å². The van der Waals surface area contributed by atoms with Crippen molar-refractivity contribution >= 4 is 34.4 Å². The van der Waals surface area contributed by atoms with Crippen molar-refractivity contribution in [2.45, 2.75) is 25.8 Å². The van der Waals surface area contributed by atoms with E-state index in [0.717, 1.165) is 47.1 Å². The van der Waals surface area contributed by atoms with Crippen LogP contribution in [0.2, 0.25) is 5.02 Å². The molecule has 34 heavy (non-hydrogen) atoms. The van der Waals surface area contributed by atoms with E-state index in [1.54, 1.807) is 23.0 Å². The quantitative estimate of drug-likeness (QED) is 0.427. The van der Waals surface area contributed by atoms with E-state index in [-0.39, 0.29) is 17.6 Å². The van der Waals surface area contributed by atoms with Gasteiger partial charge in [0, 0.05) is 24.8 Å². The van der Waals surface area contributed by atoms with E-state index in [1.165, 1.54) is 12.1 Å². The first kappa shape index (κ1) is 22.4. The zero-order valence-electron chi connectivity index (χ0n) is 18.5. The highest BCUT2D eigenvalue weighted by Gasteiger charge is 2.21. The molecule has 2 N–H and O–H groups in total. The first-order valence-electron chi connectivity index (χ1n) is 11.3. The lowest BCUT2D eigenvalue weighted by Gasteiger charge is -2.21. The number of halogens is 2. The van der Waals surface area contributed by atoms with Gasteiger partial charge in [0.05, 0.1) is 16.5 Å². The molecule has 1 aliphatic rings. The Bertz CT molecular complexity index is 1330. The molecule has 1 saturated heterocycles. The van der Waals surface area contributed by atoms with Crippen molar-refractivity contribution in [3.8, 4) is 11.1 Å². The highest BCUT2D eigenvalue weighted by atomic mass is 35.5. The number of carbonyl (C=O) groups excluding carboxylic acids is 1. The van der Waals surface area contributed by atoms with Gasteiger partial charge in [0.1, 0.15) is 17.2 Å². The van der Waals surface area contributed by atoms with Crippen molar-refractivity contribution in [2.75, 3.05) is 18.4 Å². The summed E-state index contributed by atoms with van der Waals surface area (Å²) >= 11 is 6.48. The molecule has 1 fully saturated rings. The number of anilines is 1. The first-order chi connectivity index (χ1) is 16.6. The van der Waals surface area contributed by atoms with Crippen LogP contribution in [0.5, 0.6) is 0 Å². The number of hydrogen-bond donors (Lipinski definition) is 2. The summed E-state index contributed by atoms with van der Waals surface area (Å²) in [6, 6.07) is 14.1. The SMILES string of the molecule is O=C(Nc1cc(-c2ccc3nnn(CCc4cccc(F)c4)c3c2)c(Cl)cn1)C1CCCNC1. The predicted octanol–water partition coefficient (Wildman–Crippen LogP) is 4.47. The molecule has 0 aliphatic carbocycles. The first-order valence-corrected chi connectivity index (χ1v) is 11.7. The number of aryl methyl sites for hydroxylation is 2. The summed E-state index contributed by atoms with van der Waals surface area (Å²) in [7, 11) is 0. The molecule has 1 atom stereocenters. The third-order valence-electron chi connectivity index (χ3n) is 6.10. The molecule has 9 heteroatoms. The number of aromatic nitrogens is 4. The minimum absolute atomic E-state index is 0.0388. The van der Waals surface area contributed by atoms with Gasteiger partial charge in [-0.25, -0.2) is 14.1 Å². The molecule has 0 spiro atoms.